The first kappa shape index (κ1) is 37.3. The van der Waals surface area contributed by atoms with E-state index >= 15 is 0 Å². The fourth-order valence-corrected chi connectivity index (χ4v) is 5.34. The number of amides is 4. The number of unbranched alkanes of at least 4 members (excludes halogenated alkanes) is 2. The smallest absolute Gasteiger partial charge is 0.243 e. The monoisotopic (exact) mass is 672 g/mol. The molecular weight excluding hydrogens is 624 g/mol. The van der Waals surface area contributed by atoms with E-state index < -0.39 is 0 Å². The molecule has 260 valence electrons. The lowest BCUT2D eigenvalue weighted by Crippen LogP contribution is -2.39. The topological polar surface area (TPSA) is 98.8 Å². The van der Waals surface area contributed by atoms with Gasteiger partial charge in [-0.05, 0) is 59.4 Å². The molecular formula is C42H48N4O4. The maximum Gasteiger partial charge on any atom is 0.243 e. The highest BCUT2D eigenvalue weighted by atomic mass is 16.2. The minimum Gasteiger partial charge on any atom is -0.333 e. The van der Waals surface area contributed by atoms with Crippen LogP contribution in [-0.4, -0.2) is 59.6 Å². The Kier molecular flexibility index (Phi) is 15.0. The van der Waals surface area contributed by atoms with Crippen molar-refractivity contribution in [1.29, 1.82) is 0 Å². The number of nitrogens with one attached hydrogen (secondary N) is 2. The highest BCUT2D eigenvalue weighted by molar-refractivity contribution is 5.96. The van der Waals surface area contributed by atoms with E-state index in [0.717, 1.165) is 47.9 Å². The van der Waals surface area contributed by atoms with Gasteiger partial charge in [0.05, 0.1) is 25.9 Å². The fraction of sp³-hybridized carbons (Fsp3) is 0.286. The van der Waals surface area contributed by atoms with Crippen molar-refractivity contribution in [1.82, 2.24) is 9.80 Å². The fourth-order valence-electron chi connectivity index (χ4n) is 5.34. The molecule has 0 fully saturated rings. The summed E-state index contributed by atoms with van der Waals surface area (Å²) >= 11 is 0. The largest absolute Gasteiger partial charge is 0.333 e. The third-order valence-corrected chi connectivity index (χ3v) is 8.19. The van der Waals surface area contributed by atoms with Crippen LogP contribution in [0.5, 0.6) is 0 Å². The van der Waals surface area contributed by atoms with E-state index in [1.165, 1.54) is 0 Å². The highest BCUT2D eigenvalue weighted by Crippen LogP contribution is 2.16. The van der Waals surface area contributed by atoms with Crippen LogP contribution in [0.15, 0.2) is 109 Å². The summed E-state index contributed by atoms with van der Waals surface area (Å²) in [6.45, 7) is 5.23. The Balaban J connectivity index is 1.26. The third kappa shape index (κ3) is 12.8. The van der Waals surface area contributed by atoms with Gasteiger partial charge in [0.2, 0.25) is 23.6 Å². The number of hydrogen-bond donors (Lipinski definition) is 2. The molecule has 0 heterocycles. The van der Waals surface area contributed by atoms with E-state index in [-0.39, 0.29) is 49.6 Å². The van der Waals surface area contributed by atoms with Crippen LogP contribution in [0, 0.1) is 0 Å². The summed E-state index contributed by atoms with van der Waals surface area (Å²) in [6.07, 6.45) is 8.02. The predicted molar refractivity (Wildman–Crippen MR) is 202 cm³/mol. The normalized spacial score (nSPS) is 10.8. The number of carbonyl (C=O) groups excluding carboxylic acids is 4. The van der Waals surface area contributed by atoms with Gasteiger partial charge in [-0.1, -0.05) is 124 Å². The van der Waals surface area contributed by atoms with Gasteiger partial charge in [-0.25, -0.2) is 0 Å². The Morgan fingerprint density at radius 2 is 0.880 bits per heavy atom. The molecule has 0 saturated carbocycles. The van der Waals surface area contributed by atoms with Crippen molar-refractivity contribution >= 4 is 47.2 Å². The number of rotatable bonds is 18. The lowest BCUT2D eigenvalue weighted by atomic mass is 10.1. The van der Waals surface area contributed by atoms with Gasteiger partial charge in [0.15, 0.2) is 0 Å². The number of benzene rings is 4. The van der Waals surface area contributed by atoms with Crippen molar-refractivity contribution < 1.29 is 19.2 Å². The van der Waals surface area contributed by atoms with Gasteiger partial charge in [0, 0.05) is 24.5 Å². The molecule has 4 aromatic carbocycles. The Morgan fingerprint density at radius 1 is 0.520 bits per heavy atom. The van der Waals surface area contributed by atoms with Crippen LogP contribution < -0.4 is 10.6 Å². The molecule has 50 heavy (non-hydrogen) atoms. The van der Waals surface area contributed by atoms with E-state index in [2.05, 4.69) is 24.5 Å². The van der Waals surface area contributed by atoms with Gasteiger partial charge in [0.1, 0.15) is 0 Å². The lowest BCUT2D eigenvalue weighted by molar-refractivity contribution is -0.134. The van der Waals surface area contributed by atoms with Crippen LogP contribution >= 0.6 is 0 Å². The van der Waals surface area contributed by atoms with E-state index in [9.17, 15) is 19.2 Å². The number of carbonyl (C=O) groups is 4. The lowest BCUT2D eigenvalue weighted by Gasteiger charge is -2.22. The van der Waals surface area contributed by atoms with Gasteiger partial charge in [-0.3, -0.25) is 19.2 Å². The Labute approximate surface area is 296 Å². The zero-order chi connectivity index (χ0) is 35.6. The molecule has 4 rings (SSSR count). The number of nitrogens with zero attached hydrogens (tertiary/aromatic N) is 2. The Hall–Kier alpha value is -5.50. The van der Waals surface area contributed by atoms with Crippen LogP contribution in [0.2, 0.25) is 0 Å². The van der Waals surface area contributed by atoms with Crippen LogP contribution in [0.1, 0.15) is 61.8 Å². The van der Waals surface area contributed by atoms with Gasteiger partial charge in [-0.2, -0.15) is 0 Å². The summed E-state index contributed by atoms with van der Waals surface area (Å²) < 4.78 is 0. The summed E-state index contributed by atoms with van der Waals surface area (Å²) in [7, 11) is 0. The van der Waals surface area contributed by atoms with Crippen LogP contribution in [0.4, 0.5) is 11.4 Å². The summed E-state index contributed by atoms with van der Waals surface area (Å²) in [5, 5.41) is 5.83. The molecule has 0 radical (unpaired) electrons. The van der Waals surface area contributed by atoms with Crippen molar-refractivity contribution in [3.05, 3.63) is 131 Å². The molecule has 8 heteroatoms. The van der Waals surface area contributed by atoms with E-state index in [4.69, 9.17) is 0 Å². The van der Waals surface area contributed by atoms with E-state index in [1.54, 1.807) is 9.80 Å². The second-order valence-corrected chi connectivity index (χ2v) is 12.3. The zero-order valence-corrected chi connectivity index (χ0v) is 29.1. The molecule has 0 spiro atoms. The van der Waals surface area contributed by atoms with E-state index in [0.29, 0.717) is 24.5 Å². The van der Waals surface area contributed by atoms with Gasteiger partial charge in [0.25, 0.3) is 0 Å². The SMILES string of the molecule is CCCCN(CC(=O)Nc1ccc(C=Cc2ccc(NC(=O)CN(CCCC)C(=O)Cc3ccccc3)cc2)cc1)C(=O)Cc1ccccc1. The Bertz CT molecular complexity index is 1560. The average Bonchev–Trinajstić information content (AvgIpc) is 3.13. The highest BCUT2D eigenvalue weighted by Gasteiger charge is 2.19. The first-order valence-electron chi connectivity index (χ1n) is 17.4. The van der Waals surface area contributed by atoms with E-state index in [1.807, 2.05) is 121 Å². The summed E-state index contributed by atoms with van der Waals surface area (Å²) in [5.41, 5.74) is 5.09. The molecule has 4 aromatic rings. The number of hydrogen-bond acceptors (Lipinski definition) is 4. The second kappa shape index (κ2) is 20.1. The molecule has 0 unspecified atom stereocenters. The summed E-state index contributed by atoms with van der Waals surface area (Å²) in [4.78, 5) is 54.9. The molecule has 0 aliphatic heterocycles. The second-order valence-electron chi connectivity index (χ2n) is 12.3. The molecule has 0 bridgehead atoms. The van der Waals surface area contributed by atoms with Crippen molar-refractivity contribution in [2.45, 2.75) is 52.4 Å². The van der Waals surface area contributed by atoms with Crippen LogP contribution in [0.25, 0.3) is 12.2 Å². The molecule has 0 saturated heterocycles. The number of anilines is 2. The average molecular weight is 673 g/mol. The minimum atomic E-state index is -0.231. The maximum atomic E-state index is 13.0. The Morgan fingerprint density at radius 3 is 1.22 bits per heavy atom. The van der Waals surface area contributed by atoms with Gasteiger partial charge in [-0.15, -0.1) is 0 Å². The van der Waals surface area contributed by atoms with Crippen molar-refractivity contribution in [2.75, 3.05) is 36.8 Å². The van der Waals surface area contributed by atoms with Crippen LogP contribution in [-0.2, 0) is 32.0 Å². The summed E-state index contributed by atoms with van der Waals surface area (Å²) in [6, 6.07) is 34.2. The quantitative estimate of drug-likeness (QED) is 0.107. The van der Waals surface area contributed by atoms with Gasteiger partial charge >= 0.3 is 0 Å². The first-order chi connectivity index (χ1) is 24.3. The molecule has 4 amide bonds. The van der Waals surface area contributed by atoms with Crippen molar-refractivity contribution in [2.24, 2.45) is 0 Å². The predicted octanol–water partition coefficient (Wildman–Crippen LogP) is 7.48. The van der Waals surface area contributed by atoms with Crippen molar-refractivity contribution in [3.63, 3.8) is 0 Å². The molecule has 0 aromatic heterocycles. The molecule has 0 aliphatic rings. The minimum absolute atomic E-state index is 0.00721. The first-order valence-corrected chi connectivity index (χ1v) is 17.4. The summed E-state index contributed by atoms with van der Waals surface area (Å²) in [5.74, 6) is -0.581. The molecule has 0 atom stereocenters. The molecule has 2 N–H and O–H groups in total. The van der Waals surface area contributed by atoms with Gasteiger partial charge < -0.3 is 20.4 Å². The van der Waals surface area contributed by atoms with Crippen LogP contribution in [0.3, 0.4) is 0 Å². The maximum absolute atomic E-state index is 13.0. The molecule has 0 aliphatic carbocycles. The standard InChI is InChI=1S/C42H48N4O4/c1-3-5-27-45(41(49)29-35-13-9-7-10-14-35)31-39(47)43-37-23-19-33(20-24-37)17-18-34-21-25-38(26-22-34)44-40(48)32-46(28-6-4-2)42(50)30-36-15-11-8-12-16-36/h7-26H,3-6,27-32H2,1-2H3,(H,43,47)(H,44,48). The van der Waals surface area contributed by atoms with Crippen molar-refractivity contribution in [3.8, 4) is 0 Å². The molecule has 8 nitrogen and oxygen atoms in total. The zero-order valence-electron chi connectivity index (χ0n) is 29.1. The third-order valence-electron chi connectivity index (χ3n) is 8.19.